The van der Waals surface area contributed by atoms with Gasteiger partial charge in [0.1, 0.15) is 11.6 Å². The summed E-state index contributed by atoms with van der Waals surface area (Å²) in [7, 11) is 1.55. The Hall–Kier alpha value is -3.85. The first-order valence-corrected chi connectivity index (χ1v) is 10.9. The average Bonchev–Trinajstić information content (AvgIpc) is 3.17. The van der Waals surface area contributed by atoms with Gasteiger partial charge in [-0.2, -0.15) is 0 Å². The second-order valence-electron chi connectivity index (χ2n) is 7.34. The maximum Gasteiger partial charge on any atom is 0.323 e. The quantitative estimate of drug-likeness (QED) is 0.322. The Morgan fingerprint density at radius 2 is 1.85 bits per heavy atom. The summed E-state index contributed by atoms with van der Waals surface area (Å²) in [5, 5.41) is 9.36. The van der Waals surface area contributed by atoms with Crippen molar-refractivity contribution >= 4 is 56.0 Å². The first-order valence-electron chi connectivity index (χ1n) is 10.1. The lowest BCUT2D eigenvalue weighted by Gasteiger charge is -2.13. The van der Waals surface area contributed by atoms with Gasteiger partial charge in [0, 0.05) is 35.7 Å². The molecule has 0 saturated heterocycles. The molecule has 0 radical (unpaired) electrons. The Kier molecular flexibility index (Phi) is 6.60. The maximum atomic E-state index is 12.7. The number of carbonyl (C=O) groups is 2. The second-order valence-corrected chi connectivity index (χ2v) is 8.25. The molecule has 0 aliphatic carbocycles. The number of urea groups is 1. The summed E-state index contributed by atoms with van der Waals surface area (Å²) < 4.78 is 8.22. The van der Waals surface area contributed by atoms with Crippen molar-refractivity contribution < 1.29 is 14.3 Å². The van der Waals surface area contributed by atoms with Crippen molar-refractivity contribution in [2.45, 2.75) is 13.5 Å². The predicted octanol–water partition coefficient (Wildman–Crippen LogP) is 5.46. The maximum absolute atomic E-state index is 12.7. The van der Waals surface area contributed by atoms with Crippen LogP contribution in [0.3, 0.4) is 0 Å². The Morgan fingerprint density at radius 1 is 1.03 bits per heavy atom. The van der Waals surface area contributed by atoms with E-state index in [4.69, 9.17) is 4.74 Å². The van der Waals surface area contributed by atoms with Gasteiger partial charge in [0.05, 0.1) is 24.0 Å². The van der Waals surface area contributed by atoms with Crippen LogP contribution in [0.15, 0.2) is 71.5 Å². The minimum atomic E-state index is -0.374. The van der Waals surface area contributed by atoms with Gasteiger partial charge in [-0.05, 0) is 54.1 Å². The molecule has 0 bridgehead atoms. The second kappa shape index (κ2) is 9.74. The first kappa shape index (κ1) is 22.3. The van der Waals surface area contributed by atoms with Crippen molar-refractivity contribution in [1.29, 1.82) is 0 Å². The first-order chi connectivity index (χ1) is 15.9. The highest BCUT2D eigenvalue weighted by atomic mass is 79.9. The molecule has 3 N–H and O–H groups in total. The third-order valence-electron chi connectivity index (χ3n) is 4.95. The van der Waals surface area contributed by atoms with E-state index in [9.17, 15) is 9.59 Å². The molecule has 9 heteroatoms. The smallest absolute Gasteiger partial charge is 0.323 e. The van der Waals surface area contributed by atoms with Gasteiger partial charge >= 0.3 is 6.03 Å². The standard InChI is InChI=1S/C24H22BrN5O3/c1-15(31)27-23-12-16(8-10-26-23)14-30-11-9-18-19(4-3-5-21(18)30)28-24(32)29-20-13-17(25)6-7-22(20)33-2/h3-13H,14H2,1-2H3,(H,26,27,31)(H2,28,29,32). The predicted molar refractivity (Wildman–Crippen MR) is 133 cm³/mol. The minimum Gasteiger partial charge on any atom is -0.495 e. The lowest BCUT2D eigenvalue weighted by atomic mass is 10.2. The number of amides is 3. The van der Waals surface area contributed by atoms with E-state index in [1.54, 1.807) is 25.4 Å². The lowest BCUT2D eigenvalue weighted by molar-refractivity contribution is -0.114. The van der Waals surface area contributed by atoms with E-state index in [1.807, 2.05) is 48.7 Å². The number of halogens is 1. The summed E-state index contributed by atoms with van der Waals surface area (Å²) >= 11 is 3.41. The minimum absolute atomic E-state index is 0.166. The fourth-order valence-electron chi connectivity index (χ4n) is 3.54. The van der Waals surface area contributed by atoms with Crippen LogP contribution in [0.2, 0.25) is 0 Å². The molecule has 0 unspecified atom stereocenters. The van der Waals surface area contributed by atoms with Gasteiger partial charge in [-0.15, -0.1) is 0 Å². The lowest BCUT2D eigenvalue weighted by Crippen LogP contribution is -2.20. The molecule has 0 fully saturated rings. The van der Waals surface area contributed by atoms with E-state index in [-0.39, 0.29) is 11.9 Å². The van der Waals surface area contributed by atoms with Crippen LogP contribution in [0.1, 0.15) is 12.5 Å². The van der Waals surface area contributed by atoms with Crippen LogP contribution >= 0.6 is 15.9 Å². The van der Waals surface area contributed by atoms with E-state index < -0.39 is 0 Å². The third kappa shape index (κ3) is 5.32. The molecule has 2 aromatic heterocycles. The van der Waals surface area contributed by atoms with Gasteiger partial charge in [-0.25, -0.2) is 9.78 Å². The summed E-state index contributed by atoms with van der Waals surface area (Å²) in [6, 6.07) is 16.5. The molecule has 3 amide bonds. The van der Waals surface area contributed by atoms with Crippen molar-refractivity contribution in [2.75, 3.05) is 23.1 Å². The van der Waals surface area contributed by atoms with Crippen LogP contribution in [0.25, 0.3) is 10.9 Å². The number of benzene rings is 2. The number of carbonyl (C=O) groups excluding carboxylic acids is 2. The van der Waals surface area contributed by atoms with Crippen LogP contribution in [-0.4, -0.2) is 28.6 Å². The summed E-state index contributed by atoms with van der Waals surface area (Å²) in [6.07, 6.45) is 3.63. The molecule has 0 aliphatic heterocycles. The molecule has 0 spiro atoms. The van der Waals surface area contributed by atoms with Crippen LogP contribution < -0.4 is 20.7 Å². The summed E-state index contributed by atoms with van der Waals surface area (Å²) in [5.74, 6) is 0.910. The van der Waals surface area contributed by atoms with Gasteiger partial charge < -0.3 is 25.3 Å². The van der Waals surface area contributed by atoms with Crippen molar-refractivity contribution in [3.8, 4) is 5.75 Å². The van der Waals surface area contributed by atoms with Crippen molar-refractivity contribution in [3.63, 3.8) is 0 Å². The van der Waals surface area contributed by atoms with E-state index >= 15 is 0 Å². The van der Waals surface area contributed by atoms with Gasteiger partial charge in [-0.3, -0.25) is 4.79 Å². The normalized spacial score (nSPS) is 10.6. The monoisotopic (exact) mass is 507 g/mol. The Morgan fingerprint density at radius 3 is 2.64 bits per heavy atom. The molecule has 2 heterocycles. The number of fused-ring (bicyclic) bond motifs is 1. The Balaban J connectivity index is 1.54. The number of ether oxygens (including phenoxy) is 1. The summed E-state index contributed by atoms with van der Waals surface area (Å²) in [6.45, 7) is 2.04. The summed E-state index contributed by atoms with van der Waals surface area (Å²) in [5.41, 5.74) is 3.20. The average molecular weight is 508 g/mol. The van der Waals surface area contributed by atoms with Crippen LogP contribution in [-0.2, 0) is 11.3 Å². The topological polar surface area (TPSA) is 97.3 Å². The van der Waals surface area contributed by atoms with Gasteiger partial charge in [-0.1, -0.05) is 22.0 Å². The number of nitrogens with zero attached hydrogens (tertiary/aromatic N) is 2. The molecule has 33 heavy (non-hydrogen) atoms. The zero-order valence-corrected chi connectivity index (χ0v) is 19.6. The highest BCUT2D eigenvalue weighted by molar-refractivity contribution is 9.10. The molecule has 168 valence electrons. The molecule has 2 aromatic carbocycles. The van der Waals surface area contributed by atoms with Gasteiger partial charge in [0.25, 0.3) is 0 Å². The van der Waals surface area contributed by atoms with Crippen LogP contribution in [0.5, 0.6) is 5.75 Å². The fraction of sp³-hybridized carbons (Fsp3) is 0.125. The number of hydrogen-bond acceptors (Lipinski definition) is 4. The molecule has 0 saturated carbocycles. The number of rotatable bonds is 6. The zero-order valence-electron chi connectivity index (χ0n) is 18.1. The number of anilines is 3. The molecule has 4 rings (SSSR count). The van der Waals surface area contributed by atoms with Crippen molar-refractivity contribution in [3.05, 3.63) is 77.0 Å². The Bertz CT molecular complexity index is 1330. The molecular formula is C24H22BrN5O3. The fourth-order valence-corrected chi connectivity index (χ4v) is 3.90. The molecule has 4 aromatic rings. The Labute approximate surface area is 199 Å². The van der Waals surface area contributed by atoms with E-state index in [2.05, 4.69) is 41.4 Å². The summed E-state index contributed by atoms with van der Waals surface area (Å²) in [4.78, 5) is 28.2. The van der Waals surface area contributed by atoms with E-state index in [0.717, 1.165) is 20.9 Å². The SMILES string of the molecule is COc1ccc(Br)cc1NC(=O)Nc1cccc2c1ccn2Cc1ccnc(NC(C)=O)c1. The van der Waals surface area contributed by atoms with E-state index in [1.165, 1.54) is 6.92 Å². The van der Waals surface area contributed by atoms with E-state index in [0.29, 0.717) is 29.5 Å². The molecule has 0 atom stereocenters. The third-order valence-corrected chi connectivity index (χ3v) is 5.45. The zero-order chi connectivity index (χ0) is 23.4. The molecule has 0 aliphatic rings. The number of hydrogen-bond donors (Lipinski definition) is 3. The van der Waals surface area contributed by atoms with Crippen LogP contribution in [0.4, 0.5) is 22.0 Å². The van der Waals surface area contributed by atoms with Crippen molar-refractivity contribution in [1.82, 2.24) is 9.55 Å². The van der Waals surface area contributed by atoms with Gasteiger partial charge in [0.2, 0.25) is 5.91 Å². The number of pyridine rings is 1. The van der Waals surface area contributed by atoms with Crippen molar-refractivity contribution in [2.24, 2.45) is 0 Å². The van der Waals surface area contributed by atoms with Gasteiger partial charge in [0.15, 0.2) is 0 Å². The number of nitrogens with one attached hydrogen (secondary N) is 3. The highest BCUT2D eigenvalue weighted by Gasteiger charge is 2.12. The number of methoxy groups -OCH3 is 1. The van der Waals surface area contributed by atoms with Crippen LogP contribution in [0, 0.1) is 0 Å². The molecule has 8 nitrogen and oxygen atoms in total. The molecular weight excluding hydrogens is 486 g/mol. The highest BCUT2D eigenvalue weighted by Crippen LogP contribution is 2.29. The largest absolute Gasteiger partial charge is 0.495 e. The number of aromatic nitrogens is 2.